The van der Waals surface area contributed by atoms with Crippen molar-refractivity contribution < 1.29 is 4.79 Å². The van der Waals surface area contributed by atoms with Crippen molar-refractivity contribution >= 4 is 34.6 Å². The number of amides is 1. The predicted molar refractivity (Wildman–Crippen MR) is 119 cm³/mol. The van der Waals surface area contributed by atoms with Gasteiger partial charge in [0.1, 0.15) is 17.7 Å². The molecule has 3 rings (SSSR count). The largest absolute Gasteiger partial charge is 0.396 e. The van der Waals surface area contributed by atoms with Crippen molar-refractivity contribution in [2.75, 3.05) is 28.2 Å². The first-order chi connectivity index (χ1) is 15.0. The van der Waals surface area contributed by atoms with E-state index in [1.807, 2.05) is 36.4 Å². The molecular formula is C21H23N9O. The molecule has 3 aromatic rings. The number of benzene rings is 1. The Hall–Kier alpha value is -4.23. The van der Waals surface area contributed by atoms with Gasteiger partial charge in [0.15, 0.2) is 5.69 Å². The van der Waals surface area contributed by atoms with Gasteiger partial charge in [-0.1, -0.05) is 18.2 Å². The number of nitriles is 1. The van der Waals surface area contributed by atoms with Crippen LogP contribution in [-0.2, 0) is 4.79 Å². The lowest BCUT2D eigenvalue weighted by molar-refractivity contribution is -0.117. The van der Waals surface area contributed by atoms with Crippen molar-refractivity contribution in [3.8, 4) is 6.07 Å². The van der Waals surface area contributed by atoms with Crippen LogP contribution in [0.4, 0.5) is 28.7 Å². The maximum atomic E-state index is 12.2. The van der Waals surface area contributed by atoms with Crippen LogP contribution >= 0.6 is 0 Å². The van der Waals surface area contributed by atoms with E-state index in [1.54, 1.807) is 6.07 Å². The zero-order chi connectivity index (χ0) is 22.1. The molecule has 0 saturated heterocycles. The first kappa shape index (κ1) is 21.5. The van der Waals surface area contributed by atoms with Crippen LogP contribution < -0.4 is 27.4 Å². The number of carbonyl (C=O) groups is 1. The predicted octanol–water partition coefficient (Wildman–Crippen LogP) is 2.23. The maximum absolute atomic E-state index is 12.2. The van der Waals surface area contributed by atoms with Gasteiger partial charge in [-0.05, 0) is 25.0 Å². The lowest BCUT2D eigenvalue weighted by Crippen LogP contribution is -2.35. The highest BCUT2D eigenvalue weighted by Gasteiger charge is 2.13. The van der Waals surface area contributed by atoms with Crippen LogP contribution in [0.1, 0.15) is 18.5 Å². The average molecular weight is 417 g/mol. The molecule has 2 heterocycles. The Kier molecular flexibility index (Phi) is 7.29. The van der Waals surface area contributed by atoms with Crippen LogP contribution in [0.25, 0.3) is 0 Å². The number of aromatic nitrogens is 3. The average Bonchev–Trinajstić information content (AvgIpc) is 2.79. The molecule has 10 heteroatoms. The van der Waals surface area contributed by atoms with Gasteiger partial charge in [0.2, 0.25) is 5.91 Å². The van der Waals surface area contributed by atoms with E-state index in [1.165, 1.54) is 18.6 Å². The fourth-order valence-electron chi connectivity index (χ4n) is 2.70. The molecule has 0 radical (unpaired) electrons. The van der Waals surface area contributed by atoms with Crippen molar-refractivity contribution in [2.45, 2.75) is 18.9 Å². The normalized spacial score (nSPS) is 11.2. The Morgan fingerprint density at radius 1 is 1.10 bits per heavy atom. The molecule has 1 aromatic carbocycles. The summed E-state index contributed by atoms with van der Waals surface area (Å²) in [6.45, 7) is 0.580. The van der Waals surface area contributed by atoms with Crippen molar-refractivity contribution in [1.29, 1.82) is 5.26 Å². The second kappa shape index (κ2) is 10.5. The Morgan fingerprint density at radius 3 is 2.58 bits per heavy atom. The Balaban J connectivity index is 1.48. The fraction of sp³-hybridized carbons (Fsp3) is 0.190. The van der Waals surface area contributed by atoms with Crippen molar-refractivity contribution in [2.24, 2.45) is 5.73 Å². The van der Waals surface area contributed by atoms with Crippen molar-refractivity contribution in [3.05, 3.63) is 60.7 Å². The van der Waals surface area contributed by atoms with Crippen LogP contribution in [0.3, 0.4) is 0 Å². The minimum absolute atomic E-state index is 0.218. The standard InChI is InChI=1S/C21H23N9O/c22-10-15-11-27-20(13-26-15)30-19-9-18(17(24)12-28-19)25-8-4-7-16(23)21(31)29-14-5-2-1-3-6-14/h1-3,5-6,9,11-13,16H,4,7-8,23-24H2,(H,29,31)(H2,25,27,28,30). The number of nitrogens with one attached hydrogen (secondary N) is 3. The summed E-state index contributed by atoms with van der Waals surface area (Å²) in [4.78, 5) is 24.4. The van der Waals surface area contributed by atoms with Gasteiger partial charge in [0.05, 0.1) is 36.0 Å². The molecule has 1 unspecified atom stereocenters. The number of pyridine rings is 1. The van der Waals surface area contributed by atoms with E-state index < -0.39 is 6.04 Å². The summed E-state index contributed by atoms with van der Waals surface area (Å²) in [7, 11) is 0. The minimum Gasteiger partial charge on any atom is -0.396 e. The second-order valence-electron chi connectivity index (χ2n) is 6.71. The van der Waals surface area contributed by atoms with Crippen LogP contribution in [0.2, 0.25) is 0 Å². The molecule has 0 fully saturated rings. The molecule has 158 valence electrons. The van der Waals surface area contributed by atoms with E-state index in [2.05, 4.69) is 30.9 Å². The second-order valence-corrected chi connectivity index (χ2v) is 6.71. The first-order valence-electron chi connectivity index (χ1n) is 9.65. The molecule has 0 aliphatic rings. The van der Waals surface area contributed by atoms with Crippen LogP contribution in [0, 0.1) is 11.3 Å². The topological polar surface area (TPSA) is 168 Å². The van der Waals surface area contributed by atoms with Gasteiger partial charge < -0.3 is 27.4 Å². The van der Waals surface area contributed by atoms with E-state index in [9.17, 15) is 4.79 Å². The van der Waals surface area contributed by atoms with Crippen molar-refractivity contribution in [1.82, 2.24) is 15.0 Å². The summed E-state index contributed by atoms with van der Waals surface area (Å²) in [5, 5.41) is 17.8. The third-order valence-electron chi connectivity index (χ3n) is 4.34. The number of anilines is 5. The molecule has 1 atom stereocenters. The summed E-state index contributed by atoms with van der Waals surface area (Å²) in [5.74, 6) is 0.761. The fourth-order valence-corrected chi connectivity index (χ4v) is 2.70. The molecule has 31 heavy (non-hydrogen) atoms. The van der Waals surface area contributed by atoms with Gasteiger partial charge in [-0.2, -0.15) is 5.26 Å². The molecular weight excluding hydrogens is 394 g/mol. The van der Waals surface area contributed by atoms with Gasteiger partial charge in [-0.3, -0.25) is 4.79 Å². The number of carbonyl (C=O) groups excluding carboxylic acids is 1. The van der Waals surface area contributed by atoms with Crippen LogP contribution in [-0.4, -0.2) is 33.4 Å². The zero-order valence-electron chi connectivity index (χ0n) is 16.7. The summed E-state index contributed by atoms with van der Waals surface area (Å²) >= 11 is 0. The maximum Gasteiger partial charge on any atom is 0.241 e. The molecule has 10 nitrogen and oxygen atoms in total. The Morgan fingerprint density at radius 2 is 1.87 bits per heavy atom. The smallest absolute Gasteiger partial charge is 0.241 e. The number of rotatable bonds is 9. The highest BCUT2D eigenvalue weighted by Crippen LogP contribution is 2.22. The molecule has 7 N–H and O–H groups in total. The van der Waals surface area contributed by atoms with Gasteiger partial charge in [-0.25, -0.2) is 15.0 Å². The number of nitrogens with two attached hydrogens (primary N) is 2. The van der Waals surface area contributed by atoms with E-state index in [4.69, 9.17) is 16.7 Å². The first-order valence-corrected chi connectivity index (χ1v) is 9.65. The lowest BCUT2D eigenvalue weighted by Gasteiger charge is -2.14. The van der Waals surface area contributed by atoms with Gasteiger partial charge in [0, 0.05) is 18.3 Å². The molecule has 0 aliphatic heterocycles. The summed E-state index contributed by atoms with van der Waals surface area (Å²) in [5.41, 5.74) is 14.1. The number of nitrogens with zero attached hydrogens (tertiary/aromatic N) is 4. The summed E-state index contributed by atoms with van der Waals surface area (Å²) in [6, 6.07) is 12.3. The van der Waals surface area contributed by atoms with E-state index in [0.717, 1.165) is 5.69 Å². The van der Waals surface area contributed by atoms with Crippen LogP contribution in [0.15, 0.2) is 55.0 Å². The van der Waals surface area contributed by atoms with Gasteiger partial charge in [0.25, 0.3) is 0 Å². The SMILES string of the molecule is N#Cc1cnc(Nc2cc(NCCCC(N)C(=O)Nc3ccccc3)c(N)cn2)cn1. The number of para-hydroxylation sites is 1. The number of nitrogen functional groups attached to an aromatic ring is 1. The van der Waals surface area contributed by atoms with Gasteiger partial charge in [-0.15, -0.1) is 0 Å². The molecule has 0 spiro atoms. The third kappa shape index (κ3) is 6.38. The molecule has 0 aliphatic carbocycles. The molecule has 2 aromatic heterocycles. The number of hydrogen-bond acceptors (Lipinski definition) is 9. The Bertz CT molecular complexity index is 1050. The lowest BCUT2D eigenvalue weighted by atomic mass is 10.1. The number of hydrogen-bond donors (Lipinski definition) is 5. The monoisotopic (exact) mass is 417 g/mol. The minimum atomic E-state index is -0.607. The highest BCUT2D eigenvalue weighted by molar-refractivity contribution is 5.94. The van der Waals surface area contributed by atoms with Crippen molar-refractivity contribution in [3.63, 3.8) is 0 Å². The molecule has 1 amide bonds. The van der Waals surface area contributed by atoms with Gasteiger partial charge >= 0.3 is 0 Å². The quantitative estimate of drug-likeness (QED) is 0.328. The zero-order valence-corrected chi connectivity index (χ0v) is 16.7. The summed E-state index contributed by atoms with van der Waals surface area (Å²) in [6.07, 6.45) is 5.54. The summed E-state index contributed by atoms with van der Waals surface area (Å²) < 4.78 is 0. The highest BCUT2D eigenvalue weighted by atomic mass is 16.2. The van der Waals surface area contributed by atoms with E-state index in [-0.39, 0.29) is 11.6 Å². The molecule has 0 saturated carbocycles. The Labute approximate surface area is 179 Å². The van der Waals surface area contributed by atoms with E-state index in [0.29, 0.717) is 42.4 Å². The third-order valence-corrected chi connectivity index (χ3v) is 4.34. The van der Waals surface area contributed by atoms with E-state index >= 15 is 0 Å². The van der Waals surface area contributed by atoms with Crippen LogP contribution in [0.5, 0.6) is 0 Å². The molecule has 0 bridgehead atoms.